The first-order chi connectivity index (χ1) is 18.2. The number of aliphatic carboxylic acids is 1. The van der Waals surface area contributed by atoms with Gasteiger partial charge in [-0.3, -0.25) is 28.6 Å². The van der Waals surface area contributed by atoms with Crippen molar-refractivity contribution in [1.82, 2.24) is 30.1 Å². The van der Waals surface area contributed by atoms with Gasteiger partial charge in [0.2, 0.25) is 5.91 Å². The number of aromatic nitrogens is 4. The van der Waals surface area contributed by atoms with Crippen molar-refractivity contribution >= 4 is 23.5 Å². The lowest BCUT2D eigenvalue weighted by Crippen LogP contribution is -2.49. The lowest BCUT2D eigenvalue weighted by molar-refractivity contribution is -0.140. The molecule has 3 N–H and O–H groups in total. The smallest absolute Gasteiger partial charge is 0.305 e. The Balaban J connectivity index is 1.71. The van der Waals surface area contributed by atoms with E-state index in [0.29, 0.717) is 17.9 Å². The SMILES string of the molecule is CCC(C(=O)NC(CC(=O)O)C(=O)CN(C)Cc1ccccc1)n1ccnc(NCc2nonc2C)c1=O. The molecule has 2 unspecified atom stereocenters. The van der Waals surface area contributed by atoms with Crippen molar-refractivity contribution < 1.29 is 24.1 Å². The summed E-state index contributed by atoms with van der Waals surface area (Å²) < 4.78 is 5.84. The summed E-state index contributed by atoms with van der Waals surface area (Å²) in [6.45, 7) is 3.95. The van der Waals surface area contributed by atoms with Crippen molar-refractivity contribution in [2.45, 2.75) is 51.9 Å². The monoisotopic (exact) mass is 525 g/mol. The van der Waals surface area contributed by atoms with Gasteiger partial charge >= 0.3 is 5.97 Å². The van der Waals surface area contributed by atoms with E-state index in [2.05, 4.69) is 30.6 Å². The van der Waals surface area contributed by atoms with Crippen LogP contribution in [0.5, 0.6) is 0 Å². The molecule has 0 saturated heterocycles. The summed E-state index contributed by atoms with van der Waals surface area (Å²) in [5, 5.41) is 22.2. The number of ketones is 1. The number of carboxylic acid groups (broad SMARTS) is 1. The van der Waals surface area contributed by atoms with Crippen molar-refractivity contribution in [2.24, 2.45) is 0 Å². The number of hydrogen-bond acceptors (Lipinski definition) is 10. The Morgan fingerprint density at radius 1 is 1.18 bits per heavy atom. The molecule has 3 aromatic rings. The van der Waals surface area contributed by atoms with Crippen LogP contribution < -0.4 is 16.2 Å². The fourth-order valence-electron chi connectivity index (χ4n) is 3.89. The molecule has 13 heteroatoms. The molecular weight excluding hydrogens is 494 g/mol. The molecule has 0 radical (unpaired) electrons. The number of carboxylic acids is 1. The van der Waals surface area contributed by atoms with Gasteiger partial charge in [-0.2, -0.15) is 0 Å². The van der Waals surface area contributed by atoms with E-state index in [9.17, 15) is 24.3 Å². The highest BCUT2D eigenvalue weighted by molar-refractivity contribution is 5.93. The molecule has 0 spiro atoms. The van der Waals surface area contributed by atoms with Crippen molar-refractivity contribution in [2.75, 3.05) is 18.9 Å². The Morgan fingerprint density at radius 2 is 1.92 bits per heavy atom. The number of rotatable bonds is 14. The largest absolute Gasteiger partial charge is 0.481 e. The summed E-state index contributed by atoms with van der Waals surface area (Å²) in [5.41, 5.74) is 1.48. The van der Waals surface area contributed by atoms with Gasteiger partial charge in [0, 0.05) is 18.9 Å². The van der Waals surface area contributed by atoms with Crippen LogP contribution in [0, 0.1) is 6.92 Å². The van der Waals surface area contributed by atoms with Crippen LogP contribution in [0.1, 0.15) is 42.8 Å². The predicted molar refractivity (Wildman–Crippen MR) is 136 cm³/mol. The van der Waals surface area contributed by atoms with Crippen LogP contribution in [0.2, 0.25) is 0 Å². The van der Waals surface area contributed by atoms with Crippen LogP contribution >= 0.6 is 0 Å². The molecule has 0 saturated carbocycles. The van der Waals surface area contributed by atoms with Crippen molar-refractivity contribution in [1.29, 1.82) is 0 Å². The van der Waals surface area contributed by atoms with E-state index in [4.69, 9.17) is 0 Å². The Morgan fingerprint density at radius 3 is 2.55 bits per heavy atom. The predicted octanol–water partition coefficient (Wildman–Crippen LogP) is 1.16. The second-order valence-corrected chi connectivity index (χ2v) is 8.85. The standard InChI is InChI=1S/C25H31N7O6/c1-4-20(32-11-10-26-23(25(32)37)27-13-19-16(2)29-38-30-19)24(36)28-18(12-22(34)35)21(33)15-31(3)14-17-8-6-5-7-9-17/h5-11,18,20H,4,12-15H2,1-3H3,(H,26,27)(H,28,36)(H,34,35). The van der Waals surface area contributed by atoms with E-state index >= 15 is 0 Å². The maximum absolute atomic E-state index is 13.2. The molecule has 202 valence electrons. The number of nitrogens with one attached hydrogen (secondary N) is 2. The number of benzene rings is 1. The van der Waals surface area contributed by atoms with Crippen LogP contribution in [0.3, 0.4) is 0 Å². The van der Waals surface area contributed by atoms with Gasteiger partial charge in [-0.25, -0.2) is 9.61 Å². The number of nitrogens with zero attached hydrogens (tertiary/aromatic N) is 5. The molecule has 3 rings (SSSR count). The zero-order chi connectivity index (χ0) is 27.7. The number of likely N-dealkylation sites (N-methyl/N-ethyl adjacent to an activating group) is 1. The second-order valence-electron chi connectivity index (χ2n) is 8.85. The van der Waals surface area contributed by atoms with Crippen LogP contribution in [0.25, 0.3) is 0 Å². The topological polar surface area (TPSA) is 173 Å². The maximum Gasteiger partial charge on any atom is 0.305 e. The van der Waals surface area contributed by atoms with E-state index in [1.54, 1.807) is 25.8 Å². The Kier molecular flexibility index (Phi) is 9.82. The average molecular weight is 526 g/mol. The number of Topliss-reactive ketones (excluding diaryl/α,β-unsaturated/α-hetero) is 1. The highest BCUT2D eigenvalue weighted by atomic mass is 16.6. The van der Waals surface area contributed by atoms with E-state index in [1.165, 1.54) is 17.0 Å². The highest BCUT2D eigenvalue weighted by Crippen LogP contribution is 2.12. The van der Waals surface area contributed by atoms with Crippen molar-refractivity contribution in [3.05, 3.63) is 70.0 Å². The first kappa shape index (κ1) is 28.2. The fraction of sp³-hybridized carbons (Fsp3) is 0.400. The van der Waals surface area contributed by atoms with Crippen molar-refractivity contribution in [3.63, 3.8) is 0 Å². The van der Waals surface area contributed by atoms with Gasteiger partial charge in [-0.05, 0) is 26.0 Å². The molecule has 2 heterocycles. The highest BCUT2D eigenvalue weighted by Gasteiger charge is 2.29. The number of hydrogen-bond donors (Lipinski definition) is 3. The van der Waals surface area contributed by atoms with E-state index < -0.39 is 41.7 Å². The molecule has 0 fully saturated rings. The summed E-state index contributed by atoms with van der Waals surface area (Å²) >= 11 is 0. The quantitative estimate of drug-likeness (QED) is 0.276. The van der Waals surface area contributed by atoms with Crippen LogP contribution in [0.15, 0.2) is 52.1 Å². The molecule has 38 heavy (non-hydrogen) atoms. The van der Waals surface area contributed by atoms with Gasteiger partial charge in [-0.15, -0.1) is 0 Å². The van der Waals surface area contributed by atoms with E-state index in [0.717, 1.165) is 5.56 Å². The minimum Gasteiger partial charge on any atom is -0.481 e. The number of anilines is 1. The molecule has 0 aliphatic rings. The summed E-state index contributed by atoms with van der Waals surface area (Å²) in [6, 6.07) is 7.25. The number of carbonyl (C=O) groups excluding carboxylic acids is 2. The number of carbonyl (C=O) groups is 3. The zero-order valence-corrected chi connectivity index (χ0v) is 21.5. The third kappa shape index (κ3) is 7.56. The number of amides is 1. The number of aryl methyl sites for hydroxylation is 1. The fourth-order valence-corrected chi connectivity index (χ4v) is 3.89. The van der Waals surface area contributed by atoms with Gasteiger partial charge in [0.25, 0.3) is 5.56 Å². The van der Waals surface area contributed by atoms with Crippen LogP contribution in [-0.2, 0) is 27.5 Å². The molecule has 2 aromatic heterocycles. The molecule has 13 nitrogen and oxygen atoms in total. The summed E-state index contributed by atoms with van der Waals surface area (Å²) in [7, 11) is 1.74. The third-order valence-electron chi connectivity index (χ3n) is 5.87. The van der Waals surface area contributed by atoms with Crippen molar-refractivity contribution in [3.8, 4) is 0 Å². The Labute approximate surface area is 218 Å². The summed E-state index contributed by atoms with van der Waals surface area (Å²) in [4.78, 5) is 56.5. The zero-order valence-electron chi connectivity index (χ0n) is 21.5. The van der Waals surface area contributed by atoms with Gasteiger partial charge in [0.15, 0.2) is 11.6 Å². The second kappa shape index (κ2) is 13.2. The molecule has 2 atom stereocenters. The molecule has 0 aliphatic heterocycles. The first-order valence-electron chi connectivity index (χ1n) is 12.1. The molecule has 1 aromatic carbocycles. The van der Waals surface area contributed by atoms with Crippen LogP contribution in [-0.4, -0.2) is 67.2 Å². The van der Waals surface area contributed by atoms with Gasteiger partial charge in [0.05, 0.1) is 25.6 Å². The Bertz CT molecular complexity index is 1310. The first-order valence-corrected chi connectivity index (χ1v) is 12.1. The molecule has 0 bridgehead atoms. The maximum atomic E-state index is 13.2. The summed E-state index contributed by atoms with van der Waals surface area (Å²) in [5.74, 6) is -2.34. The van der Waals surface area contributed by atoms with Gasteiger partial charge in [0.1, 0.15) is 17.4 Å². The lowest BCUT2D eigenvalue weighted by atomic mass is 10.1. The van der Waals surface area contributed by atoms with Gasteiger partial charge in [-0.1, -0.05) is 47.6 Å². The average Bonchev–Trinajstić information content (AvgIpc) is 3.29. The normalized spacial score (nSPS) is 12.6. The minimum absolute atomic E-state index is 0.0122. The van der Waals surface area contributed by atoms with Gasteiger partial charge < -0.3 is 15.7 Å². The molecule has 0 aliphatic carbocycles. The third-order valence-corrected chi connectivity index (χ3v) is 5.87. The van der Waals surface area contributed by atoms with E-state index in [-0.39, 0.29) is 25.3 Å². The summed E-state index contributed by atoms with van der Waals surface area (Å²) in [6.07, 6.45) is 2.37. The lowest BCUT2D eigenvalue weighted by Gasteiger charge is -2.24. The Hall–Kier alpha value is -4.39. The minimum atomic E-state index is -1.26. The molecule has 1 amide bonds. The van der Waals surface area contributed by atoms with E-state index in [1.807, 2.05) is 30.3 Å². The molecular formula is C25H31N7O6. The van der Waals surface area contributed by atoms with Crippen LogP contribution in [0.4, 0.5) is 5.82 Å².